The first-order valence-corrected chi connectivity index (χ1v) is 5.39. The first kappa shape index (κ1) is 12.9. The van der Waals surface area contributed by atoms with Crippen LogP contribution in [0.25, 0.3) is 10.9 Å². The minimum absolute atomic E-state index is 0.150. The maximum absolute atomic E-state index is 13.5. The lowest BCUT2D eigenvalue weighted by Gasteiger charge is -2.07. The van der Waals surface area contributed by atoms with E-state index in [1.165, 1.54) is 0 Å². The predicted molar refractivity (Wildman–Crippen MR) is 59.5 cm³/mol. The lowest BCUT2D eigenvalue weighted by atomic mass is 10.1. The van der Waals surface area contributed by atoms with E-state index < -0.39 is 28.9 Å². The Kier molecular flexibility index (Phi) is 2.84. The molecule has 0 saturated carbocycles. The Morgan fingerprint density at radius 1 is 1.39 bits per heavy atom. The molecule has 1 aromatic heterocycles. The van der Waals surface area contributed by atoms with E-state index in [1.54, 1.807) is 0 Å². The second kappa shape index (κ2) is 3.98. The van der Waals surface area contributed by atoms with E-state index in [1.807, 2.05) is 0 Å². The lowest BCUT2D eigenvalue weighted by Crippen LogP contribution is -2.12. The van der Waals surface area contributed by atoms with Gasteiger partial charge in [-0.25, -0.2) is 4.39 Å². The molecule has 0 saturated heterocycles. The van der Waals surface area contributed by atoms with E-state index in [-0.39, 0.29) is 15.6 Å². The number of carbonyl (C=O) groups excluding carboxylic acids is 1. The highest BCUT2D eigenvalue weighted by atomic mass is 79.9. The minimum Gasteiger partial charge on any atom is -0.366 e. The monoisotopic (exact) mass is 324 g/mol. The lowest BCUT2D eigenvalue weighted by molar-refractivity contribution is -0.136. The van der Waals surface area contributed by atoms with Crippen LogP contribution >= 0.6 is 15.9 Å². The summed E-state index contributed by atoms with van der Waals surface area (Å²) in [5, 5.41) is -0.448. The van der Waals surface area contributed by atoms with E-state index in [0.29, 0.717) is 6.20 Å². The summed E-state index contributed by atoms with van der Waals surface area (Å²) in [4.78, 5) is 13.4. The van der Waals surface area contributed by atoms with Gasteiger partial charge in [-0.3, -0.25) is 4.79 Å². The zero-order chi connectivity index (χ0) is 13.7. The number of amides is 1. The van der Waals surface area contributed by atoms with Gasteiger partial charge in [-0.2, -0.15) is 13.2 Å². The van der Waals surface area contributed by atoms with Crippen molar-refractivity contribution in [2.75, 3.05) is 0 Å². The quantitative estimate of drug-likeness (QED) is 0.778. The van der Waals surface area contributed by atoms with Gasteiger partial charge in [-0.15, -0.1) is 0 Å². The molecule has 96 valence electrons. The molecule has 1 heterocycles. The van der Waals surface area contributed by atoms with E-state index in [2.05, 4.69) is 20.9 Å². The number of aromatic amines is 1. The Morgan fingerprint density at radius 3 is 2.50 bits per heavy atom. The van der Waals surface area contributed by atoms with Crippen LogP contribution in [0, 0.1) is 5.82 Å². The number of primary amides is 1. The average Bonchev–Trinajstić information content (AvgIpc) is 2.66. The molecule has 3 nitrogen and oxygen atoms in total. The molecule has 0 aliphatic rings. The number of carbonyl (C=O) groups is 1. The molecule has 1 aromatic carbocycles. The van der Waals surface area contributed by atoms with Gasteiger partial charge in [0.15, 0.2) is 0 Å². The van der Waals surface area contributed by atoms with Crippen molar-refractivity contribution in [1.82, 2.24) is 4.98 Å². The molecule has 18 heavy (non-hydrogen) atoms. The molecular formula is C10H5BrF4N2O. The first-order chi connectivity index (χ1) is 8.23. The molecule has 8 heteroatoms. The number of aromatic nitrogens is 1. The highest BCUT2D eigenvalue weighted by molar-refractivity contribution is 9.10. The summed E-state index contributed by atoms with van der Waals surface area (Å²) in [7, 11) is 0. The number of nitrogens with one attached hydrogen (secondary N) is 1. The van der Waals surface area contributed by atoms with Crippen molar-refractivity contribution in [1.29, 1.82) is 0 Å². The number of alkyl halides is 3. The topological polar surface area (TPSA) is 58.9 Å². The first-order valence-electron chi connectivity index (χ1n) is 4.59. The van der Waals surface area contributed by atoms with Gasteiger partial charge >= 0.3 is 6.18 Å². The number of nitrogens with two attached hydrogens (primary N) is 1. The van der Waals surface area contributed by atoms with E-state index in [9.17, 15) is 22.4 Å². The van der Waals surface area contributed by atoms with Crippen LogP contribution in [0.4, 0.5) is 17.6 Å². The second-order valence-electron chi connectivity index (χ2n) is 3.53. The minimum atomic E-state index is -4.66. The fraction of sp³-hybridized carbons (Fsp3) is 0.100. The molecule has 0 unspecified atom stereocenters. The van der Waals surface area contributed by atoms with E-state index in [4.69, 9.17) is 5.73 Å². The van der Waals surface area contributed by atoms with Crippen LogP contribution in [0.1, 0.15) is 15.9 Å². The summed E-state index contributed by atoms with van der Waals surface area (Å²) in [5.41, 5.74) is 3.45. The SMILES string of the molecule is NC(=O)c1cc(F)c(Br)c2c(C(F)(F)F)c[nH]c12. The van der Waals surface area contributed by atoms with Crippen molar-refractivity contribution in [2.45, 2.75) is 6.18 Å². The molecule has 0 aliphatic heterocycles. The zero-order valence-electron chi connectivity index (χ0n) is 8.53. The van der Waals surface area contributed by atoms with Crippen LogP contribution in [0.5, 0.6) is 0 Å². The Morgan fingerprint density at radius 2 is 2.00 bits per heavy atom. The molecule has 0 fully saturated rings. The van der Waals surface area contributed by atoms with Crippen LogP contribution in [0.3, 0.4) is 0 Å². The van der Waals surface area contributed by atoms with Gasteiger partial charge in [0.1, 0.15) is 5.82 Å². The van der Waals surface area contributed by atoms with Crippen molar-refractivity contribution >= 4 is 32.7 Å². The number of hydrogen-bond acceptors (Lipinski definition) is 1. The number of halogens is 5. The number of benzene rings is 1. The van der Waals surface area contributed by atoms with Gasteiger partial charge in [0.05, 0.1) is 21.1 Å². The van der Waals surface area contributed by atoms with Crippen LogP contribution in [-0.4, -0.2) is 10.9 Å². The maximum Gasteiger partial charge on any atom is 0.418 e. The van der Waals surface area contributed by atoms with E-state index in [0.717, 1.165) is 6.07 Å². The van der Waals surface area contributed by atoms with Gasteiger partial charge in [-0.05, 0) is 22.0 Å². The van der Waals surface area contributed by atoms with E-state index >= 15 is 0 Å². The normalized spacial score (nSPS) is 12.1. The smallest absolute Gasteiger partial charge is 0.366 e. The highest BCUT2D eigenvalue weighted by Gasteiger charge is 2.35. The Bertz CT molecular complexity index is 647. The third kappa shape index (κ3) is 1.86. The Balaban J connectivity index is 2.93. The molecule has 2 aromatic rings. The summed E-state index contributed by atoms with van der Waals surface area (Å²) >= 11 is 2.74. The summed E-state index contributed by atoms with van der Waals surface area (Å²) in [5.74, 6) is -2.00. The van der Waals surface area contributed by atoms with Gasteiger partial charge in [0.2, 0.25) is 0 Å². The highest BCUT2D eigenvalue weighted by Crippen LogP contribution is 2.40. The fourth-order valence-electron chi connectivity index (χ4n) is 1.66. The number of rotatable bonds is 1. The molecule has 3 N–H and O–H groups in total. The largest absolute Gasteiger partial charge is 0.418 e. The van der Waals surface area contributed by atoms with Crippen molar-refractivity contribution in [3.8, 4) is 0 Å². The Labute approximate surface area is 106 Å². The summed E-state index contributed by atoms with van der Waals surface area (Å²) in [6.07, 6.45) is -4.00. The maximum atomic E-state index is 13.5. The average molecular weight is 325 g/mol. The molecule has 0 spiro atoms. The van der Waals surface area contributed by atoms with Gasteiger partial charge < -0.3 is 10.7 Å². The summed E-state index contributed by atoms with van der Waals surface area (Å²) < 4.78 is 51.3. The molecule has 0 radical (unpaired) electrons. The number of hydrogen-bond donors (Lipinski definition) is 2. The zero-order valence-corrected chi connectivity index (χ0v) is 10.1. The van der Waals surface area contributed by atoms with Crippen LogP contribution in [-0.2, 0) is 6.18 Å². The van der Waals surface area contributed by atoms with Crippen molar-refractivity contribution in [2.24, 2.45) is 5.73 Å². The Hall–Kier alpha value is -1.57. The summed E-state index contributed by atoms with van der Waals surface area (Å²) in [6, 6.07) is 0.783. The summed E-state index contributed by atoms with van der Waals surface area (Å²) in [6.45, 7) is 0. The predicted octanol–water partition coefficient (Wildman–Crippen LogP) is 3.19. The van der Waals surface area contributed by atoms with Crippen LogP contribution in [0.15, 0.2) is 16.7 Å². The molecule has 0 atom stereocenters. The third-order valence-corrected chi connectivity index (χ3v) is 3.20. The van der Waals surface area contributed by atoms with Gasteiger partial charge in [0, 0.05) is 11.6 Å². The molecule has 0 bridgehead atoms. The van der Waals surface area contributed by atoms with Crippen molar-refractivity contribution < 1.29 is 22.4 Å². The van der Waals surface area contributed by atoms with Crippen LogP contribution < -0.4 is 5.73 Å². The number of H-pyrrole nitrogens is 1. The van der Waals surface area contributed by atoms with Gasteiger partial charge in [0.25, 0.3) is 5.91 Å². The van der Waals surface area contributed by atoms with Crippen molar-refractivity contribution in [3.05, 3.63) is 33.7 Å². The van der Waals surface area contributed by atoms with Gasteiger partial charge in [-0.1, -0.05) is 0 Å². The number of fused-ring (bicyclic) bond motifs is 1. The third-order valence-electron chi connectivity index (χ3n) is 2.42. The fourth-order valence-corrected chi connectivity index (χ4v) is 2.19. The molecule has 0 aliphatic carbocycles. The molecule has 1 amide bonds. The van der Waals surface area contributed by atoms with Crippen LogP contribution in [0.2, 0.25) is 0 Å². The standard InChI is InChI=1S/C10H5BrF4N2O/c11-7-5(12)1-3(9(16)18)8-6(7)4(2-17-8)10(13,14)15/h1-2,17H,(H2,16,18). The second-order valence-corrected chi connectivity index (χ2v) is 4.33. The molecule has 2 rings (SSSR count). The van der Waals surface area contributed by atoms with Crippen molar-refractivity contribution in [3.63, 3.8) is 0 Å². The molecular weight excluding hydrogens is 320 g/mol.